The fourth-order valence-electron chi connectivity index (χ4n) is 2.51. The van der Waals surface area contributed by atoms with Crippen LogP contribution in [0.25, 0.3) is 0 Å². The third-order valence-corrected chi connectivity index (χ3v) is 4.85. The summed E-state index contributed by atoms with van der Waals surface area (Å²) in [6.45, 7) is 1.77. The molecule has 1 aromatic heterocycles. The molecule has 2 aromatic rings. The zero-order chi connectivity index (χ0) is 19.1. The molecule has 0 radical (unpaired) electrons. The second-order valence-corrected chi connectivity index (χ2v) is 6.98. The van der Waals surface area contributed by atoms with Crippen molar-refractivity contribution in [1.82, 2.24) is 20.6 Å². The molecule has 1 fully saturated rings. The Bertz CT molecular complexity index is 800. The Morgan fingerprint density at radius 2 is 2.04 bits per heavy atom. The van der Waals surface area contributed by atoms with Crippen LogP contribution >= 0.6 is 11.8 Å². The van der Waals surface area contributed by atoms with Crippen molar-refractivity contribution in [3.63, 3.8) is 0 Å². The van der Waals surface area contributed by atoms with Crippen molar-refractivity contribution < 1.29 is 19.1 Å². The first-order chi connectivity index (χ1) is 13.1. The van der Waals surface area contributed by atoms with Gasteiger partial charge in [0.15, 0.2) is 0 Å². The lowest BCUT2D eigenvalue weighted by atomic mass is 10.1. The number of aromatic nitrogens is 2. The van der Waals surface area contributed by atoms with Gasteiger partial charge in [0, 0.05) is 19.2 Å². The molecule has 0 bridgehead atoms. The average Bonchev–Trinajstić information content (AvgIpc) is 3.00. The Kier molecular flexibility index (Phi) is 6.61. The van der Waals surface area contributed by atoms with Crippen LogP contribution in [0.15, 0.2) is 36.7 Å². The molecule has 2 amide bonds. The number of amides is 2. The lowest BCUT2D eigenvalue weighted by Gasteiger charge is -2.09. The molecule has 1 aromatic carbocycles. The van der Waals surface area contributed by atoms with Crippen LogP contribution < -0.4 is 20.1 Å². The molecule has 0 spiro atoms. The van der Waals surface area contributed by atoms with Crippen molar-refractivity contribution in [2.75, 3.05) is 20.3 Å². The van der Waals surface area contributed by atoms with Crippen molar-refractivity contribution >= 4 is 22.9 Å². The van der Waals surface area contributed by atoms with E-state index in [-0.39, 0.29) is 16.4 Å². The molecule has 3 rings (SSSR count). The third-order valence-electron chi connectivity index (χ3n) is 3.87. The van der Waals surface area contributed by atoms with E-state index in [1.807, 2.05) is 24.3 Å². The number of rotatable bonds is 9. The quantitative estimate of drug-likeness (QED) is 0.624. The number of hydrogen-bond donors (Lipinski definition) is 2. The number of ether oxygens (including phenoxy) is 2. The molecule has 1 unspecified atom stereocenters. The molecule has 1 aliphatic heterocycles. The van der Waals surface area contributed by atoms with Gasteiger partial charge in [0.05, 0.1) is 18.1 Å². The molecule has 1 atom stereocenters. The molecular weight excluding hydrogens is 368 g/mol. The SMILES string of the molecule is COc1cc(CNCCOc2ccc(CC3SC(=O)NC3=O)cc2)ncn1. The summed E-state index contributed by atoms with van der Waals surface area (Å²) in [6.07, 6.45) is 1.99. The first-order valence-corrected chi connectivity index (χ1v) is 9.31. The molecule has 9 heteroatoms. The molecule has 0 saturated carbocycles. The maximum absolute atomic E-state index is 11.6. The Hall–Kier alpha value is -2.65. The normalized spacial score (nSPS) is 16.3. The zero-order valence-electron chi connectivity index (χ0n) is 14.8. The number of imide groups is 1. The fourth-order valence-corrected chi connectivity index (χ4v) is 3.37. The number of carbonyl (C=O) groups excluding carboxylic acids is 2. The number of carbonyl (C=O) groups is 2. The van der Waals surface area contributed by atoms with Gasteiger partial charge < -0.3 is 14.8 Å². The maximum Gasteiger partial charge on any atom is 0.286 e. The Balaban J connectivity index is 1.37. The minimum atomic E-state index is -0.353. The summed E-state index contributed by atoms with van der Waals surface area (Å²) in [7, 11) is 1.57. The van der Waals surface area contributed by atoms with Gasteiger partial charge in [-0.3, -0.25) is 14.9 Å². The van der Waals surface area contributed by atoms with Crippen LogP contribution in [0.3, 0.4) is 0 Å². The van der Waals surface area contributed by atoms with E-state index in [2.05, 4.69) is 20.6 Å². The van der Waals surface area contributed by atoms with E-state index in [1.54, 1.807) is 13.2 Å². The van der Waals surface area contributed by atoms with E-state index in [9.17, 15) is 9.59 Å². The van der Waals surface area contributed by atoms with Crippen LogP contribution in [0.4, 0.5) is 4.79 Å². The fraction of sp³-hybridized carbons (Fsp3) is 0.333. The van der Waals surface area contributed by atoms with Crippen LogP contribution in [0.1, 0.15) is 11.3 Å². The third kappa shape index (κ3) is 5.66. The van der Waals surface area contributed by atoms with Crippen LogP contribution in [-0.2, 0) is 17.8 Å². The van der Waals surface area contributed by atoms with Gasteiger partial charge in [-0.25, -0.2) is 9.97 Å². The Morgan fingerprint density at radius 1 is 1.22 bits per heavy atom. The molecule has 142 valence electrons. The summed E-state index contributed by atoms with van der Waals surface area (Å²) < 4.78 is 10.8. The standard InChI is InChI=1S/C18H20N4O4S/c1-25-16-9-13(20-11-21-16)10-19-6-7-26-14-4-2-12(3-5-14)8-15-17(23)22-18(24)27-15/h2-5,9,11,15,19H,6-8,10H2,1H3,(H,22,23,24). The van der Waals surface area contributed by atoms with Gasteiger partial charge in [-0.2, -0.15) is 0 Å². The predicted octanol–water partition coefficient (Wildman–Crippen LogP) is 1.55. The smallest absolute Gasteiger partial charge is 0.286 e. The van der Waals surface area contributed by atoms with E-state index >= 15 is 0 Å². The van der Waals surface area contributed by atoms with Crippen molar-refractivity contribution in [2.45, 2.75) is 18.2 Å². The number of methoxy groups -OCH3 is 1. The van der Waals surface area contributed by atoms with Crippen LogP contribution in [-0.4, -0.2) is 46.6 Å². The lowest BCUT2D eigenvalue weighted by Crippen LogP contribution is -2.25. The lowest BCUT2D eigenvalue weighted by molar-refractivity contribution is -0.118. The first kappa shape index (κ1) is 19.1. The van der Waals surface area contributed by atoms with Gasteiger partial charge in [0.1, 0.15) is 18.7 Å². The molecule has 2 heterocycles. The van der Waals surface area contributed by atoms with Crippen molar-refractivity contribution in [3.05, 3.63) is 47.9 Å². The summed E-state index contributed by atoms with van der Waals surface area (Å²) in [5, 5.41) is 4.90. The Labute approximate surface area is 161 Å². The minimum Gasteiger partial charge on any atom is -0.492 e. The van der Waals surface area contributed by atoms with Crippen molar-refractivity contribution in [2.24, 2.45) is 0 Å². The van der Waals surface area contributed by atoms with Gasteiger partial charge in [-0.1, -0.05) is 23.9 Å². The highest BCUT2D eigenvalue weighted by Crippen LogP contribution is 2.23. The second-order valence-electron chi connectivity index (χ2n) is 5.81. The Morgan fingerprint density at radius 3 is 2.74 bits per heavy atom. The van der Waals surface area contributed by atoms with Crippen LogP contribution in [0.5, 0.6) is 11.6 Å². The zero-order valence-corrected chi connectivity index (χ0v) is 15.6. The highest BCUT2D eigenvalue weighted by molar-refractivity contribution is 8.15. The van der Waals surface area contributed by atoms with Gasteiger partial charge >= 0.3 is 0 Å². The number of nitrogens with one attached hydrogen (secondary N) is 2. The van der Waals surface area contributed by atoms with Gasteiger partial charge in [0.25, 0.3) is 5.24 Å². The summed E-state index contributed by atoms with van der Waals surface area (Å²) in [4.78, 5) is 30.9. The number of thioether (sulfide) groups is 1. The van der Waals surface area contributed by atoms with Gasteiger partial charge in [0.2, 0.25) is 11.8 Å². The van der Waals surface area contributed by atoms with E-state index in [0.29, 0.717) is 32.0 Å². The average molecular weight is 388 g/mol. The highest BCUT2D eigenvalue weighted by atomic mass is 32.2. The topological polar surface area (TPSA) is 102 Å². The number of hydrogen-bond acceptors (Lipinski definition) is 8. The number of benzene rings is 1. The summed E-state index contributed by atoms with van der Waals surface area (Å²) in [5.41, 5.74) is 1.83. The monoisotopic (exact) mass is 388 g/mol. The molecule has 8 nitrogen and oxygen atoms in total. The molecule has 1 saturated heterocycles. The van der Waals surface area contributed by atoms with Crippen LogP contribution in [0, 0.1) is 0 Å². The van der Waals surface area contributed by atoms with E-state index in [0.717, 1.165) is 28.8 Å². The van der Waals surface area contributed by atoms with Crippen molar-refractivity contribution in [3.8, 4) is 11.6 Å². The molecule has 0 aliphatic carbocycles. The summed E-state index contributed by atoms with van der Waals surface area (Å²) in [5.74, 6) is 1.07. The summed E-state index contributed by atoms with van der Waals surface area (Å²) >= 11 is 1.04. The highest BCUT2D eigenvalue weighted by Gasteiger charge is 2.31. The second kappa shape index (κ2) is 9.33. The summed E-state index contributed by atoms with van der Waals surface area (Å²) in [6, 6.07) is 9.33. The first-order valence-electron chi connectivity index (χ1n) is 8.43. The van der Waals surface area contributed by atoms with E-state index < -0.39 is 0 Å². The molecule has 27 heavy (non-hydrogen) atoms. The molecule has 1 aliphatic rings. The molecular formula is C18H20N4O4S. The van der Waals surface area contributed by atoms with Crippen molar-refractivity contribution in [1.29, 1.82) is 0 Å². The number of nitrogens with zero attached hydrogens (tertiary/aromatic N) is 2. The van der Waals surface area contributed by atoms with Gasteiger partial charge in [-0.05, 0) is 24.1 Å². The van der Waals surface area contributed by atoms with E-state index in [1.165, 1.54) is 6.33 Å². The molecule has 2 N–H and O–H groups in total. The largest absolute Gasteiger partial charge is 0.492 e. The maximum atomic E-state index is 11.6. The van der Waals surface area contributed by atoms with Gasteiger partial charge in [-0.15, -0.1) is 0 Å². The minimum absolute atomic E-state index is 0.224. The van der Waals surface area contributed by atoms with E-state index in [4.69, 9.17) is 9.47 Å². The predicted molar refractivity (Wildman–Crippen MR) is 101 cm³/mol. The van der Waals surface area contributed by atoms with Crippen LogP contribution in [0.2, 0.25) is 0 Å².